The Morgan fingerprint density at radius 1 is 1.32 bits per heavy atom. The molecule has 0 aliphatic rings. The Morgan fingerprint density at radius 2 is 2.05 bits per heavy atom. The fourth-order valence-electron chi connectivity index (χ4n) is 2.00. The number of thiophene rings is 1. The number of rotatable bonds is 5. The van der Waals surface area contributed by atoms with E-state index in [9.17, 15) is 0 Å². The van der Waals surface area contributed by atoms with Crippen molar-refractivity contribution in [1.82, 2.24) is 14.9 Å². The SMILES string of the molecule is CCN(CCO)Cc1nc(Cl)c2c(C)c(C)sc2n1. The average Bonchev–Trinajstić information content (AvgIpc) is 2.64. The summed E-state index contributed by atoms with van der Waals surface area (Å²) in [7, 11) is 0. The largest absolute Gasteiger partial charge is 0.395 e. The number of aliphatic hydroxyl groups is 1. The van der Waals surface area contributed by atoms with E-state index in [2.05, 4.69) is 28.7 Å². The van der Waals surface area contributed by atoms with Crippen LogP contribution in [0.1, 0.15) is 23.2 Å². The third-order valence-corrected chi connectivity index (χ3v) is 4.63. The van der Waals surface area contributed by atoms with Crippen LogP contribution in [0.25, 0.3) is 10.2 Å². The number of aliphatic hydroxyl groups excluding tert-OH is 1. The van der Waals surface area contributed by atoms with Crippen LogP contribution in [-0.2, 0) is 6.54 Å². The zero-order valence-corrected chi connectivity index (χ0v) is 13.0. The molecule has 0 amide bonds. The van der Waals surface area contributed by atoms with Crippen molar-refractivity contribution in [3.63, 3.8) is 0 Å². The van der Waals surface area contributed by atoms with Crippen LogP contribution in [-0.4, -0.2) is 39.7 Å². The Balaban J connectivity index is 2.35. The van der Waals surface area contributed by atoms with Gasteiger partial charge in [-0.1, -0.05) is 18.5 Å². The van der Waals surface area contributed by atoms with E-state index in [1.165, 1.54) is 10.4 Å². The van der Waals surface area contributed by atoms with Gasteiger partial charge in [0.15, 0.2) is 0 Å². The summed E-state index contributed by atoms with van der Waals surface area (Å²) in [5.41, 5.74) is 1.17. The van der Waals surface area contributed by atoms with Crippen LogP contribution in [0.3, 0.4) is 0 Å². The molecule has 104 valence electrons. The number of hydrogen-bond donors (Lipinski definition) is 1. The Kier molecular flexibility index (Phi) is 4.73. The van der Waals surface area contributed by atoms with Crippen molar-refractivity contribution >= 4 is 33.2 Å². The second-order valence-corrected chi connectivity index (χ2v) is 6.05. The van der Waals surface area contributed by atoms with Crippen molar-refractivity contribution in [2.75, 3.05) is 19.7 Å². The standard InChI is InChI=1S/C13H18ClN3OS/c1-4-17(5-6-18)7-10-15-12(14)11-8(2)9(3)19-13(11)16-10/h18H,4-7H2,1-3H3. The molecule has 2 heterocycles. The van der Waals surface area contributed by atoms with Crippen LogP contribution >= 0.6 is 22.9 Å². The highest BCUT2D eigenvalue weighted by molar-refractivity contribution is 7.18. The molecule has 4 nitrogen and oxygen atoms in total. The van der Waals surface area contributed by atoms with Crippen molar-refractivity contribution in [3.8, 4) is 0 Å². The average molecular weight is 300 g/mol. The molecule has 2 aromatic heterocycles. The first-order valence-corrected chi connectivity index (χ1v) is 7.51. The number of aromatic nitrogens is 2. The summed E-state index contributed by atoms with van der Waals surface area (Å²) in [6.45, 7) is 8.40. The van der Waals surface area contributed by atoms with Gasteiger partial charge in [0.25, 0.3) is 0 Å². The number of halogens is 1. The van der Waals surface area contributed by atoms with Crippen molar-refractivity contribution in [2.24, 2.45) is 0 Å². The molecule has 0 bridgehead atoms. The molecule has 0 atom stereocenters. The van der Waals surface area contributed by atoms with E-state index < -0.39 is 0 Å². The molecule has 0 aliphatic carbocycles. The molecule has 0 aliphatic heterocycles. The van der Waals surface area contributed by atoms with Gasteiger partial charge in [-0.2, -0.15) is 0 Å². The lowest BCUT2D eigenvalue weighted by molar-refractivity contribution is 0.194. The summed E-state index contributed by atoms with van der Waals surface area (Å²) < 4.78 is 0. The van der Waals surface area contributed by atoms with Gasteiger partial charge in [-0.25, -0.2) is 9.97 Å². The fourth-order valence-corrected chi connectivity index (χ4v) is 3.44. The second kappa shape index (κ2) is 6.13. The lowest BCUT2D eigenvalue weighted by atomic mass is 10.2. The third-order valence-electron chi connectivity index (χ3n) is 3.26. The van der Waals surface area contributed by atoms with Gasteiger partial charge in [0.1, 0.15) is 15.8 Å². The number of aryl methyl sites for hydroxylation is 2. The van der Waals surface area contributed by atoms with Gasteiger partial charge >= 0.3 is 0 Å². The van der Waals surface area contributed by atoms with E-state index in [1.807, 2.05) is 6.92 Å². The molecule has 0 spiro atoms. The predicted molar refractivity (Wildman–Crippen MR) is 79.9 cm³/mol. The first-order valence-electron chi connectivity index (χ1n) is 6.32. The van der Waals surface area contributed by atoms with Crippen LogP contribution in [0.4, 0.5) is 0 Å². The normalized spacial score (nSPS) is 11.7. The van der Waals surface area contributed by atoms with E-state index in [0.717, 1.165) is 16.8 Å². The highest BCUT2D eigenvalue weighted by Crippen LogP contribution is 2.32. The van der Waals surface area contributed by atoms with Crippen molar-refractivity contribution < 1.29 is 5.11 Å². The second-order valence-electron chi connectivity index (χ2n) is 4.49. The van der Waals surface area contributed by atoms with Gasteiger partial charge in [0.05, 0.1) is 18.5 Å². The van der Waals surface area contributed by atoms with Gasteiger partial charge in [-0.3, -0.25) is 4.90 Å². The maximum absolute atomic E-state index is 9.01. The molecule has 2 rings (SSSR count). The summed E-state index contributed by atoms with van der Waals surface area (Å²) in [5.74, 6) is 0.717. The van der Waals surface area contributed by atoms with E-state index in [4.69, 9.17) is 16.7 Å². The van der Waals surface area contributed by atoms with E-state index >= 15 is 0 Å². The number of hydrogen-bond acceptors (Lipinski definition) is 5. The van der Waals surface area contributed by atoms with Crippen molar-refractivity contribution in [3.05, 3.63) is 21.4 Å². The first-order chi connectivity index (χ1) is 9.06. The van der Waals surface area contributed by atoms with Crippen LogP contribution in [0.15, 0.2) is 0 Å². The lowest BCUT2D eigenvalue weighted by Gasteiger charge is -2.17. The van der Waals surface area contributed by atoms with Crippen molar-refractivity contribution in [2.45, 2.75) is 27.3 Å². The molecule has 1 N–H and O–H groups in total. The Hall–Kier alpha value is -0.750. The number of nitrogens with zero attached hydrogens (tertiary/aromatic N) is 3. The molecule has 2 aromatic rings. The zero-order valence-electron chi connectivity index (χ0n) is 11.4. The summed E-state index contributed by atoms with van der Waals surface area (Å²) >= 11 is 7.92. The molecular formula is C13H18ClN3OS. The monoisotopic (exact) mass is 299 g/mol. The molecular weight excluding hydrogens is 282 g/mol. The Morgan fingerprint density at radius 3 is 2.68 bits per heavy atom. The van der Waals surface area contributed by atoms with Crippen LogP contribution in [0.2, 0.25) is 5.15 Å². The van der Waals surface area contributed by atoms with Gasteiger partial charge in [0.2, 0.25) is 0 Å². The molecule has 6 heteroatoms. The van der Waals surface area contributed by atoms with Crippen LogP contribution in [0.5, 0.6) is 0 Å². The lowest BCUT2D eigenvalue weighted by Crippen LogP contribution is -2.27. The molecule has 0 saturated heterocycles. The number of likely N-dealkylation sites (N-methyl/N-ethyl adjacent to an activating group) is 1. The predicted octanol–water partition coefficient (Wildman–Crippen LogP) is 2.78. The maximum Gasteiger partial charge on any atom is 0.145 e. The molecule has 0 radical (unpaired) electrons. The smallest absolute Gasteiger partial charge is 0.145 e. The molecule has 19 heavy (non-hydrogen) atoms. The molecule has 0 saturated carbocycles. The maximum atomic E-state index is 9.01. The first kappa shape index (κ1) is 14.7. The van der Waals surface area contributed by atoms with Gasteiger partial charge in [0, 0.05) is 11.4 Å². The quantitative estimate of drug-likeness (QED) is 0.863. The highest BCUT2D eigenvalue weighted by atomic mass is 35.5. The Labute approximate surface area is 122 Å². The Bertz CT molecular complexity index is 585. The van der Waals surface area contributed by atoms with Crippen LogP contribution in [0, 0.1) is 13.8 Å². The fraction of sp³-hybridized carbons (Fsp3) is 0.538. The minimum atomic E-state index is 0.140. The van der Waals surface area contributed by atoms with Crippen LogP contribution < -0.4 is 0 Å². The van der Waals surface area contributed by atoms with Gasteiger partial charge < -0.3 is 5.11 Å². The topological polar surface area (TPSA) is 49.2 Å². The van der Waals surface area contributed by atoms with Gasteiger partial charge in [-0.05, 0) is 26.0 Å². The van der Waals surface area contributed by atoms with E-state index in [1.54, 1.807) is 11.3 Å². The van der Waals surface area contributed by atoms with E-state index in [-0.39, 0.29) is 6.61 Å². The highest BCUT2D eigenvalue weighted by Gasteiger charge is 2.14. The summed E-state index contributed by atoms with van der Waals surface area (Å²) in [5, 5.41) is 10.5. The molecule has 0 aromatic carbocycles. The molecule has 0 unspecified atom stereocenters. The minimum absolute atomic E-state index is 0.140. The van der Waals surface area contributed by atoms with E-state index in [0.29, 0.717) is 24.1 Å². The third kappa shape index (κ3) is 3.05. The summed E-state index contributed by atoms with van der Waals surface area (Å²) in [4.78, 5) is 13.2. The minimum Gasteiger partial charge on any atom is -0.395 e. The molecule has 0 fully saturated rings. The van der Waals surface area contributed by atoms with Crippen molar-refractivity contribution in [1.29, 1.82) is 0 Å². The summed E-state index contributed by atoms with van der Waals surface area (Å²) in [6.07, 6.45) is 0. The summed E-state index contributed by atoms with van der Waals surface area (Å²) in [6, 6.07) is 0. The number of fused-ring (bicyclic) bond motifs is 1. The zero-order chi connectivity index (χ0) is 14.0. The van der Waals surface area contributed by atoms with Gasteiger partial charge in [-0.15, -0.1) is 11.3 Å².